The summed E-state index contributed by atoms with van der Waals surface area (Å²) in [5, 5.41) is 11.7. The largest absolute Gasteiger partial charge is 0.396 e. The van der Waals surface area contributed by atoms with Crippen molar-refractivity contribution in [3.63, 3.8) is 0 Å². The summed E-state index contributed by atoms with van der Waals surface area (Å²) in [5.74, 6) is 0.0143. The number of piperidine rings is 1. The van der Waals surface area contributed by atoms with Gasteiger partial charge in [0.25, 0.3) is 0 Å². The van der Waals surface area contributed by atoms with E-state index in [1.165, 1.54) is 0 Å². The van der Waals surface area contributed by atoms with E-state index in [4.69, 9.17) is 46.4 Å². The molecule has 3 nitrogen and oxygen atoms in total. The average Bonchev–Trinajstić information content (AvgIpc) is 2.63. The molecular weight excluding hydrogens is 440 g/mol. The number of amides is 1. The fraction of sp³-hybridized carbons (Fsp3) is 0.381. The summed E-state index contributed by atoms with van der Waals surface area (Å²) in [4.78, 5) is 14.8. The molecule has 1 amide bonds. The van der Waals surface area contributed by atoms with E-state index in [0.29, 0.717) is 39.6 Å². The van der Waals surface area contributed by atoms with Gasteiger partial charge in [-0.2, -0.15) is 0 Å². The van der Waals surface area contributed by atoms with E-state index in [1.807, 2.05) is 17.0 Å². The molecule has 1 aliphatic rings. The van der Waals surface area contributed by atoms with Gasteiger partial charge in [-0.3, -0.25) is 4.79 Å². The monoisotopic (exact) mass is 459 g/mol. The summed E-state index contributed by atoms with van der Waals surface area (Å²) in [6, 6.07) is 10.7. The summed E-state index contributed by atoms with van der Waals surface area (Å²) in [6.07, 6.45) is 2.51. The SMILES string of the molecule is O=C(Cc1cc(Cl)cc(Cl)c1)N1CCCC(CCO)(c2ccc(Cl)c(Cl)c2)C1. The molecule has 0 saturated carbocycles. The van der Waals surface area contributed by atoms with Gasteiger partial charge in [-0.05, 0) is 60.7 Å². The lowest BCUT2D eigenvalue weighted by Gasteiger charge is -2.43. The van der Waals surface area contributed by atoms with Crippen LogP contribution >= 0.6 is 46.4 Å². The highest BCUT2D eigenvalue weighted by molar-refractivity contribution is 6.42. The van der Waals surface area contributed by atoms with Gasteiger partial charge in [-0.15, -0.1) is 0 Å². The molecule has 1 saturated heterocycles. The third-order valence-corrected chi connectivity index (χ3v) is 6.51. The maximum Gasteiger partial charge on any atom is 0.227 e. The summed E-state index contributed by atoms with van der Waals surface area (Å²) in [5.41, 5.74) is 1.44. The summed E-state index contributed by atoms with van der Waals surface area (Å²) in [7, 11) is 0. The predicted octanol–water partition coefficient (Wildman–Crippen LogP) is 5.79. The van der Waals surface area contributed by atoms with Crippen LogP contribution in [0.25, 0.3) is 0 Å². The molecule has 1 fully saturated rings. The standard InChI is InChI=1S/C21H21Cl4NO2/c22-16-8-14(9-17(23)12-16)10-20(28)26-6-1-4-21(13-26,5-7-27)15-2-3-18(24)19(25)11-15/h2-3,8-9,11-12,27H,1,4-7,10,13H2. The Morgan fingerprint density at radius 1 is 1.04 bits per heavy atom. The zero-order valence-electron chi connectivity index (χ0n) is 15.2. The number of hydrogen-bond donors (Lipinski definition) is 1. The zero-order chi connectivity index (χ0) is 20.3. The van der Waals surface area contributed by atoms with Gasteiger partial charge in [0.05, 0.1) is 16.5 Å². The molecule has 1 N–H and O–H groups in total. The molecule has 3 rings (SSSR count). The normalized spacial score (nSPS) is 19.7. The molecule has 28 heavy (non-hydrogen) atoms. The first-order chi connectivity index (χ1) is 13.3. The highest BCUT2D eigenvalue weighted by Crippen LogP contribution is 2.39. The van der Waals surface area contributed by atoms with E-state index in [1.54, 1.807) is 24.3 Å². The molecule has 0 bridgehead atoms. The van der Waals surface area contributed by atoms with E-state index in [9.17, 15) is 9.90 Å². The quantitative estimate of drug-likeness (QED) is 0.613. The lowest BCUT2D eigenvalue weighted by atomic mass is 9.72. The number of aliphatic hydroxyl groups excluding tert-OH is 1. The van der Waals surface area contributed by atoms with E-state index in [0.717, 1.165) is 24.0 Å². The molecule has 2 aromatic carbocycles. The summed E-state index contributed by atoms with van der Waals surface area (Å²) < 4.78 is 0. The second kappa shape index (κ2) is 9.23. The maximum atomic E-state index is 13.0. The number of likely N-dealkylation sites (tertiary alicyclic amines) is 1. The third kappa shape index (κ3) is 4.95. The summed E-state index contributed by atoms with van der Waals surface area (Å²) >= 11 is 24.4. The lowest BCUT2D eigenvalue weighted by Crippen LogP contribution is -2.49. The van der Waals surface area contributed by atoms with Gasteiger partial charge in [-0.1, -0.05) is 52.5 Å². The van der Waals surface area contributed by atoms with E-state index in [2.05, 4.69) is 0 Å². The van der Waals surface area contributed by atoms with Crippen LogP contribution in [0.3, 0.4) is 0 Å². The minimum atomic E-state index is -0.344. The van der Waals surface area contributed by atoms with Crippen molar-refractivity contribution in [2.24, 2.45) is 0 Å². The predicted molar refractivity (Wildman–Crippen MR) is 116 cm³/mol. The molecule has 0 aromatic heterocycles. The topological polar surface area (TPSA) is 40.5 Å². The number of aliphatic hydroxyl groups is 1. The van der Waals surface area contributed by atoms with Crippen molar-refractivity contribution in [1.29, 1.82) is 0 Å². The smallest absolute Gasteiger partial charge is 0.227 e. The maximum absolute atomic E-state index is 13.0. The van der Waals surface area contributed by atoms with E-state index in [-0.39, 0.29) is 24.3 Å². The van der Waals surface area contributed by atoms with Crippen LogP contribution in [0.1, 0.15) is 30.4 Å². The molecule has 1 heterocycles. The van der Waals surface area contributed by atoms with Crippen molar-refractivity contribution in [1.82, 2.24) is 4.90 Å². The zero-order valence-corrected chi connectivity index (χ0v) is 18.3. The average molecular weight is 461 g/mol. The molecular formula is C21H21Cl4NO2. The van der Waals surface area contributed by atoms with E-state index < -0.39 is 0 Å². The van der Waals surface area contributed by atoms with Gasteiger partial charge in [0.1, 0.15) is 0 Å². The van der Waals surface area contributed by atoms with Crippen LogP contribution < -0.4 is 0 Å². The number of carbonyl (C=O) groups excluding carboxylic acids is 1. The third-order valence-electron chi connectivity index (χ3n) is 5.33. The van der Waals surface area contributed by atoms with Crippen LogP contribution in [0.4, 0.5) is 0 Å². The van der Waals surface area contributed by atoms with Crippen molar-refractivity contribution in [2.45, 2.75) is 31.1 Å². The molecule has 2 aromatic rings. The van der Waals surface area contributed by atoms with Crippen LogP contribution in [0, 0.1) is 0 Å². The van der Waals surface area contributed by atoms with Crippen LogP contribution in [-0.4, -0.2) is 35.6 Å². The Labute approximate surface area is 185 Å². The van der Waals surface area contributed by atoms with Crippen molar-refractivity contribution in [3.05, 3.63) is 67.6 Å². The highest BCUT2D eigenvalue weighted by Gasteiger charge is 2.38. The number of rotatable bonds is 5. The molecule has 0 spiro atoms. The van der Waals surface area contributed by atoms with Gasteiger partial charge in [0, 0.05) is 35.2 Å². The lowest BCUT2D eigenvalue weighted by molar-refractivity contribution is -0.133. The Kier molecular flexibility index (Phi) is 7.17. The minimum Gasteiger partial charge on any atom is -0.396 e. The fourth-order valence-corrected chi connectivity index (χ4v) is 4.84. The molecule has 1 unspecified atom stereocenters. The van der Waals surface area contributed by atoms with Gasteiger partial charge in [0.15, 0.2) is 0 Å². The Morgan fingerprint density at radius 2 is 1.75 bits per heavy atom. The van der Waals surface area contributed by atoms with Crippen LogP contribution in [0.5, 0.6) is 0 Å². The first-order valence-corrected chi connectivity index (χ1v) is 10.6. The molecule has 150 valence electrons. The molecule has 0 aliphatic carbocycles. The Morgan fingerprint density at radius 3 is 2.39 bits per heavy atom. The van der Waals surface area contributed by atoms with Crippen LogP contribution in [0.15, 0.2) is 36.4 Å². The van der Waals surface area contributed by atoms with Crippen LogP contribution in [-0.2, 0) is 16.6 Å². The molecule has 0 radical (unpaired) electrons. The number of hydrogen-bond acceptors (Lipinski definition) is 2. The summed E-state index contributed by atoms with van der Waals surface area (Å²) in [6.45, 7) is 1.24. The molecule has 1 aliphatic heterocycles. The van der Waals surface area contributed by atoms with Crippen molar-refractivity contribution in [3.8, 4) is 0 Å². The second-order valence-corrected chi connectivity index (χ2v) is 8.94. The minimum absolute atomic E-state index is 0.0143. The second-order valence-electron chi connectivity index (χ2n) is 7.26. The van der Waals surface area contributed by atoms with Crippen molar-refractivity contribution < 1.29 is 9.90 Å². The fourth-order valence-electron chi connectivity index (χ4n) is 3.97. The van der Waals surface area contributed by atoms with Gasteiger partial charge >= 0.3 is 0 Å². The number of carbonyl (C=O) groups is 1. The van der Waals surface area contributed by atoms with Gasteiger partial charge < -0.3 is 10.0 Å². The van der Waals surface area contributed by atoms with Crippen LogP contribution in [0.2, 0.25) is 20.1 Å². The van der Waals surface area contributed by atoms with Crippen molar-refractivity contribution in [2.75, 3.05) is 19.7 Å². The molecule has 1 atom stereocenters. The first-order valence-electron chi connectivity index (χ1n) is 9.12. The van der Waals surface area contributed by atoms with Gasteiger partial charge in [-0.25, -0.2) is 0 Å². The van der Waals surface area contributed by atoms with Crippen molar-refractivity contribution >= 4 is 52.3 Å². The first kappa shape index (κ1) is 21.7. The number of halogens is 4. The van der Waals surface area contributed by atoms with E-state index >= 15 is 0 Å². The Balaban J connectivity index is 1.83. The highest BCUT2D eigenvalue weighted by atomic mass is 35.5. The number of nitrogens with zero attached hydrogens (tertiary/aromatic N) is 1. The Hall–Kier alpha value is -0.970. The Bertz CT molecular complexity index is 849. The molecule has 7 heteroatoms. The number of benzene rings is 2. The van der Waals surface area contributed by atoms with Gasteiger partial charge in [0.2, 0.25) is 5.91 Å².